The van der Waals surface area contributed by atoms with E-state index in [1.807, 2.05) is 6.92 Å². The molecule has 1 N–H and O–H groups in total. The zero-order valence-corrected chi connectivity index (χ0v) is 12.5. The second-order valence-corrected chi connectivity index (χ2v) is 5.18. The lowest BCUT2D eigenvalue weighted by molar-refractivity contribution is 0.156. The number of rotatable bonds is 9. The molecule has 0 aliphatic heterocycles. The molecule has 1 atom stereocenters. The van der Waals surface area contributed by atoms with Gasteiger partial charge in [0.15, 0.2) is 0 Å². The third-order valence-electron chi connectivity index (χ3n) is 3.06. The van der Waals surface area contributed by atoms with E-state index < -0.39 is 0 Å². The van der Waals surface area contributed by atoms with Gasteiger partial charge >= 0.3 is 0 Å². The highest BCUT2D eigenvalue weighted by Gasteiger charge is 2.04. The molecule has 0 aromatic heterocycles. The van der Waals surface area contributed by atoms with Crippen LogP contribution in [0.5, 0.6) is 0 Å². The Bertz CT molecular complexity index is 369. The van der Waals surface area contributed by atoms with E-state index in [-0.39, 0.29) is 0 Å². The summed E-state index contributed by atoms with van der Waals surface area (Å²) in [4.78, 5) is 0. The zero-order chi connectivity index (χ0) is 14.1. The maximum atomic E-state index is 5.47. The Kier molecular flexibility index (Phi) is 7.46. The molecular weight excluding hydrogens is 234 g/mol. The Morgan fingerprint density at radius 2 is 2.00 bits per heavy atom. The van der Waals surface area contributed by atoms with Crippen LogP contribution in [0.2, 0.25) is 0 Å². The lowest BCUT2D eigenvalue weighted by Gasteiger charge is -2.15. The van der Waals surface area contributed by atoms with Crippen LogP contribution in [0, 0.1) is 0 Å². The molecule has 0 amide bonds. The number of ether oxygens (including phenoxy) is 1. The summed E-state index contributed by atoms with van der Waals surface area (Å²) >= 11 is 0. The quantitative estimate of drug-likeness (QED) is 0.538. The van der Waals surface area contributed by atoms with Crippen LogP contribution in [0.4, 0.5) is 0 Å². The molecule has 1 aromatic rings. The number of aryl methyl sites for hydroxylation is 1. The maximum absolute atomic E-state index is 5.47. The van der Waals surface area contributed by atoms with Crippen LogP contribution in [0.1, 0.15) is 44.4 Å². The topological polar surface area (TPSA) is 21.3 Å². The second kappa shape index (κ2) is 8.89. The monoisotopic (exact) mass is 261 g/mol. The van der Waals surface area contributed by atoms with E-state index in [9.17, 15) is 0 Å². The van der Waals surface area contributed by atoms with Gasteiger partial charge in [0.1, 0.15) is 0 Å². The molecule has 1 aromatic carbocycles. The van der Waals surface area contributed by atoms with Crippen LogP contribution in [-0.2, 0) is 11.2 Å². The lowest BCUT2D eigenvalue weighted by Crippen LogP contribution is -2.23. The van der Waals surface area contributed by atoms with E-state index in [4.69, 9.17) is 4.74 Å². The van der Waals surface area contributed by atoms with Gasteiger partial charge in [-0.3, -0.25) is 0 Å². The maximum Gasteiger partial charge on any atom is 0.0672 e. The third kappa shape index (κ3) is 6.55. The average Bonchev–Trinajstić information content (AvgIpc) is 2.39. The van der Waals surface area contributed by atoms with Crippen molar-refractivity contribution >= 4 is 0 Å². The van der Waals surface area contributed by atoms with Crippen LogP contribution in [0.25, 0.3) is 0 Å². The average molecular weight is 261 g/mol. The van der Waals surface area contributed by atoms with Gasteiger partial charge in [-0.15, -0.1) is 0 Å². The molecule has 0 aliphatic rings. The predicted molar refractivity (Wildman–Crippen MR) is 82.5 cm³/mol. The molecule has 0 saturated carbocycles. The second-order valence-electron chi connectivity index (χ2n) is 5.18. The molecule has 0 heterocycles. The van der Waals surface area contributed by atoms with Gasteiger partial charge in [-0.25, -0.2) is 0 Å². The van der Waals surface area contributed by atoms with Crippen molar-refractivity contribution in [2.24, 2.45) is 0 Å². The van der Waals surface area contributed by atoms with Gasteiger partial charge in [0.25, 0.3) is 0 Å². The summed E-state index contributed by atoms with van der Waals surface area (Å²) in [7, 11) is 0. The van der Waals surface area contributed by atoms with Crippen molar-refractivity contribution in [3.8, 4) is 0 Å². The Labute approximate surface area is 117 Å². The highest BCUT2D eigenvalue weighted by Crippen LogP contribution is 2.14. The van der Waals surface area contributed by atoms with E-state index in [1.165, 1.54) is 17.5 Å². The van der Waals surface area contributed by atoms with Crippen molar-refractivity contribution < 1.29 is 4.74 Å². The SMILES string of the molecule is C=C(C)COCCNC(C)c1ccc(CCC)cc1. The highest BCUT2D eigenvalue weighted by molar-refractivity contribution is 5.24. The van der Waals surface area contributed by atoms with Gasteiger partial charge in [-0.2, -0.15) is 0 Å². The van der Waals surface area contributed by atoms with Crippen LogP contribution >= 0.6 is 0 Å². The minimum Gasteiger partial charge on any atom is -0.376 e. The molecular formula is C17H27NO. The van der Waals surface area contributed by atoms with Gasteiger partial charge in [0, 0.05) is 12.6 Å². The Morgan fingerprint density at radius 3 is 2.58 bits per heavy atom. The van der Waals surface area contributed by atoms with Gasteiger partial charge in [-0.05, 0) is 31.4 Å². The molecule has 1 rings (SSSR count). The van der Waals surface area contributed by atoms with Crippen molar-refractivity contribution in [1.29, 1.82) is 0 Å². The van der Waals surface area contributed by atoms with E-state index in [1.54, 1.807) is 0 Å². The summed E-state index contributed by atoms with van der Waals surface area (Å²) in [6.07, 6.45) is 2.37. The number of hydrogen-bond donors (Lipinski definition) is 1. The Balaban J connectivity index is 2.28. The molecule has 1 unspecified atom stereocenters. The van der Waals surface area contributed by atoms with Crippen molar-refractivity contribution in [2.45, 2.75) is 39.7 Å². The summed E-state index contributed by atoms with van der Waals surface area (Å²) in [5.41, 5.74) is 3.82. The van der Waals surface area contributed by atoms with Crippen LogP contribution < -0.4 is 5.32 Å². The van der Waals surface area contributed by atoms with Crippen LogP contribution in [-0.4, -0.2) is 19.8 Å². The number of nitrogens with one attached hydrogen (secondary N) is 1. The summed E-state index contributed by atoms with van der Waals surface area (Å²) in [5, 5.41) is 3.47. The van der Waals surface area contributed by atoms with Gasteiger partial charge in [0.2, 0.25) is 0 Å². The van der Waals surface area contributed by atoms with Gasteiger partial charge in [0.05, 0.1) is 13.2 Å². The standard InChI is InChI=1S/C17H27NO/c1-5-6-16-7-9-17(10-8-16)15(4)18-11-12-19-13-14(2)3/h7-10,15,18H,2,5-6,11-13H2,1,3-4H3. The first-order valence-electron chi connectivity index (χ1n) is 7.17. The molecule has 0 spiro atoms. The number of hydrogen-bond acceptors (Lipinski definition) is 2. The molecule has 0 radical (unpaired) electrons. The minimum atomic E-state index is 0.365. The first-order chi connectivity index (χ1) is 9.13. The fraction of sp³-hybridized carbons (Fsp3) is 0.529. The van der Waals surface area contributed by atoms with E-state index in [0.717, 1.165) is 25.1 Å². The van der Waals surface area contributed by atoms with Crippen LogP contribution in [0.3, 0.4) is 0 Å². The Hall–Kier alpha value is -1.12. The molecule has 0 bridgehead atoms. The fourth-order valence-electron chi connectivity index (χ4n) is 1.97. The van der Waals surface area contributed by atoms with Crippen molar-refractivity contribution in [3.63, 3.8) is 0 Å². The Morgan fingerprint density at radius 1 is 1.32 bits per heavy atom. The fourth-order valence-corrected chi connectivity index (χ4v) is 1.97. The normalized spacial score (nSPS) is 12.4. The molecule has 0 aliphatic carbocycles. The first-order valence-corrected chi connectivity index (χ1v) is 7.17. The summed E-state index contributed by atoms with van der Waals surface area (Å²) < 4.78 is 5.47. The van der Waals surface area contributed by atoms with Gasteiger partial charge < -0.3 is 10.1 Å². The molecule has 106 valence electrons. The molecule has 2 nitrogen and oxygen atoms in total. The summed E-state index contributed by atoms with van der Waals surface area (Å²) in [6, 6.07) is 9.27. The minimum absolute atomic E-state index is 0.365. The molecule has 0 fully saturated rings. The van der Waals surface area contributed by atoms with Crippen molar-refractivity contribution in [3.05, 3.63) is 47.5 Å². The van der Waals surface area contributed by atoms with E-state index in [2.05, 4.69) is 50.0 Å². The summed E-state index contributed by atoms with van der Waals surface area (Å²) in [6.45, 7) is 12.4. The van der Waals surface area contributed by atoms with Crippen LogP contribution in [0.15, 0.2) is 36.4 Å². The summed E-state index contributed by atoms with van der Waals surface area (Å²) in [5.74, 6) is 0. The molecule has 2 heteroatoms. The van der Waals surface area contributed by atoms with Gasteiger partial charge in [-0.1, -0.05) is 49.8 Å². The number of benzene rings is 1. The molecule has 19 heavy (non-hydrogen) atoms. The van der Waals surface area contributed by atoms with Crippen molar-refractivity contribution in [2.75, 3.05) is 19.8 Å². The van der Waals surface area contributed by atoms with E-state index in [0.29, 0.717) is 12.6 Å². The lowest BCUT2D eigenvalue weighted by atomic mass is 10.0. The van der Waals surface area contributed by atoms with Crippen molar-refractivity contribution in [1.82, 2.24) is 5.32 Å². The third-order valence-corrected chi connectivity index (χ3v) is 3.06. The predicted octanol–water partition coefficient (Wildman–Crippen LogP) is 3.88. The molecule has 0 saturated heterocycles. The zero-order valence-electron chi connectivity index (χ0n) is 12.5. The van der Waals surface area contributed by atoms with E-state index >= 15 is 0 Å². The highest BCUT2D eigenvalue weighted by atomic mass is 16.5. The smallest absolute Gasteiger partial charge is 0.0672 e. The first kappa shape index (κ1) is 15.9. The largest absolute Gasteiger partial charge is 0.376 e.